The van der Waals surface area contributed by atoms with Crippen molar-refractivity contribution in [1.82, 2.24) is 10.1 Å². The Hall–Kier alpha value is -1.75. The molecule has 0 bridgehead atoms. The quantitative estimate of drug-likeness (QED) is 0.718. The van der Waals surface area contributed by atoms with E-state index >= 15 is 0 Å². The fourth-order valence-electron chi connectivity index (χ4n) is 1.68. The Bertz CT molecular complexity index is 656. The molecule has 16 heavy (non-hydrogen) atoms. The van der Waals surface area contributed by atoms with Gasteiger partial charge in [0.2, 0.25) is 5.88 Å². The maximum atomic E-state index is 5.49. The maximum absolute atomic E-state index is 5.49. The number of nitrogens with one attached hydrogen (secondary N) is 1. The van der Waals surface area contributed by atoms with Crippen LogP contribution in [0.1, 0.15) is 0 Å². The van der Waals surface area contributed by atoms with E-state index in [4.69, 9.17) is 10.3 Å². The number of benzene rings is 1. The normalized spacial score (nSPS) is 11.1. The van der Waals surface area contributed by atoms with Gasteiger partial charge in [-0.25, -0.2) is 0 Å². The molecule has 0 saturated heterocycles. The van der Waals surface area contributed by atoms with Crippen LogP contribution in [0.4, 0.5) is 5.88 Å². The molecule has 80 valence electrons. The molecule has 0 spiro atoms. The molecule has 3 N–H and O–H groups in total. The molecule has 3 rings (SSSR count). The molecule has 3 aromatic rings. The Balaban J connectivity index is 2.18. The second kappa shape index (κ2) is 3.38. The highest BCUT2D eigenvalue weighted by atomic mass is 79.9. The zero-order valence-corrected chi connectivity index (χ0v) is 9.78. The van der Waals surface area contributed by atoms with Crippen molar-refractivity contribution >= 4 is 32.7 Å². The smallest absolute Gasteiger partial charge is 0.222 e. The van der Waals surface area contributed by atoms with Crippen molar-refractivity contribution < 1.29 is 4.52 Å². The van der Waals surface area contributed by atoms with Gasteiger partial charge in [-0.3, -0.25) is 0 Å². The van der Waals surface area contributed by atoms with E-state index in [-0.39, 0.29) is 0 Å². The van der Waals surface area contributed by atoms with Crippen LogP contribution in [-0.2, 0) is 0 Å². The molecule has 0 unspecified atom stereocenters. The molecule has 0 aliphatic rings. The monoisotopic (exact) mass is 277 g/mol. The predicted octanol–water partition coefficient (Wildman–Crippen LogP) is 3.17. The lowest BCUT2D eigenvalue weighted by molar-refractivity contribution is 0.439. The average Bonchev–Trinajstić information content (AvgIpc) is 2.86. The third-order valence-corrected chi connectivity index (χ3v) is 3.11. The molecule has 4 nitrogen and oxygen atoms in total. The number of H-pyrrole nitrogens is 1. The molecule has 1 aromatic carbocycles. The van der Waals surface area contributed by atoms with Crippen molar-refractivity contribution in [3.05, 3.63) is 34.9 Å². The number of nitrogens with zero attached hydrogens (tertiary/aromatic N) is 1. The number of aromatic nitrogens is 2. The minimum atomic E-state index is 0.322. The summed E-state index contributed by atoms with van der Waals surface area (Å²) < 4.78 is 5.89. The molecule has 0 saturated carbocycles. The van der Waals surface area contributed by atoms with Crippen molar-refractivity contribution in [3.63, 3.8) is 0 Å². The number of halogens is 1. The highest BCUT2D eigenvalue weighted by Crippen LogP contribution is 2.28. The minimum absolute atomic E-state index is 0.322. The number of fused-ring (bicyclic) bond motifs is 1. The van der Waals surface area contributed by atoms with Gasteiger partial charge in [-0.2, -0.15) is 0 Å². The van der Waals surface area contributed by atoms with E-state index in [0.29, 0.717) is 5.88 Å². The third-order valence-electron chi connectivity index (χ3n) is 2.46. The SMILES string of the molecule is Nc1cc(-c2ccc3c(Br)c[nH]c3c2)no1. The van der Waals surface area contributed by atoms with Gasteiger partial charge < -0.3 is 15.2 Å². The number of hydrogen-bond acceptors (Lipinski definition) is 3. The summed E-state index contributed by atoms with van der Waals surface area (Å²) in [6.45, 7) is 0. The first-order valence-electron chi connectivity index (χ1n) is 4.73. The summed E-state index contributed by atoms with van der Waals surface area (Å²) in [5.41, 5.74) is 8.25. The Kier molecular flexibility index (Phi) is 2.00. The van der Waals surface area contributed by atoms with Crippen LogP contribution < -0.4 is 5.73 Å². The van der Waals surface area contributed by atoms with Gasteiger partial charge >= 0.3 is 0 Å². The van der Waals surface area contributed by atoms with Crippen molar-refractivity contribution in [1.29, 1.82) is 0 Å². The molecule has 0 aliphatic heterocycles. The zero-order valence-electron chi connectivity index (χ0n) is 8.20. The van der Waals surface area contributed by atoms with Gasteiger partial charge in [0, 0.05) is 33.2 Å². The van der Waals surface area contributed by atoms with Crippen molar-refractivity contribution in [2.45, 2.75) is 0 Å². The summed E-state index contributed by atoms with van der Waals surface area (Å²) in [6.07, 6.45) is 1.91. The molecule has 0 radical (unpaired) electrons. The van der Waals surface area contributed by atoms with Crippen LogP contribution in [0.25, 0.3) is 22.2 Å². The summed E-state index contributed by atoms with van der Waals surface area (Å²) in [5, 5.41) is 5.01. The van der Waals surface area contributed by atoms with Gasteiger partial charge in [0.05, 0.1) is 0 Å². The molecular formula is C11H8BrN3O. The lowest BCUT2D eigenvalue weighted by Gasteiger charge is -1.96. The molecule has 2 heterocycles. The molecule has 0 fully saturated rings. The highest BCUT2D eigenvalue weighted by molar-refractivity contribution is 9.10. The van der Waals surface area contributed by atoms with E-state index in [1.807, 2.05) is 24.4 Å². The summed E-state index contributed by atoms with van der Waals surface area (Å²) in [7, 11) is 0. The second-order valence-corrected chi connectivity index (χ2v) is 4.37. The fourth-order valence-corrected chi connectivity index (χ4v) is 2.14. The van der Waals surface area contributed by atoms with Gasteiger partial charge in [0.15, 0.2) is 0 Å². The van der Waals surface area contributed by atoms with Crippen LogP contribution in [0.3, 0.4) is 0 Å². The van der Waals surface area contributed by atoms with Crippen LogP contribution in [0.5, 0.6) is 0 Å². The lowest BCUT2D eigenvalue weighted by atomic mass is 10.1. The first-order valence-corrected chi connectivity index (χ1v) is 5.52. The van der Waals surface area contributed by atoms with Crippen molar-refractivity contribution in [2.24, 2.45) is 0 Å². The topological polar surface area (TPSA) is 67.8 Å². The summed E-state index contributed by atoms with van der Waals surface area (Å²) in [5.74, 6) is 0.322. The van der Waals surface area contributed by atoms with Crippen LogP contribution in [0, 0.1) is 0 Å². The predicted molar refractivity (Wildman–Crippen MR) is 65.9 cm³/mol. The van der Waals surface area contributed by atoms with Crippen LogP contribution in [0.2, 0.25) is 0 Å². The fraction of sp³-hybridized carbons (Fsp3) is 0. The second-order valence-electron chi connectivity index (χ2n) is 3.51. The third kappa shape index (κ3) is 1.40. The standard InChI is InChI=1S/C11H8BrN3O/c12-8-5-14-10-3-6(1-2-7(8)10)9-4-11(13)16-15-9/h1-5,14H,13H2. The Morgan fingerprint density at radius 2 is 2.19 bits per heavy atom. The molecule has 0 amide bonds. The zero-order chi connectivity index (χ0) is 11.1. The van der Waals surface area contributed by atoms with E-state index in [9.17, 15) is 0 Å². The Morgan fingerprint density at radius 1 is 1.31 bits per heavy atom. The average molecular weight is 278 g/mol. The van der Waals surface area contributed by atoms with E-state index < -0.39 is 0 Å². The highest BCUT2D eigenvalue weighted by Gasteiger charge is 2.07. The molecule has 2 aromatic heterocycles. The van der Waals surface area contributed by atoms with Crippen molar-refractivity contribution in [3.8, 4) is 11.3 Å². The minimum Gasteiger partial charge on any atom is -0.368 e. The maximum Gasteiger partial charge on any atom is 0.222 e. The molecule has 5 heteroatoms. The first-order chi connectivity index (χ1) is 7.74. The number of nitrogen functional groups attached to an aromatic ring is 1. The largest absolute Gasteiger partial charge is 0.368 e. The van der Waals surface area contributed by atoms with Crippen LogP contribution in [0.15, 0.2) is 39.5 Å². The van der Waals surface area contributed by atoms with Gasteiger partial charge in [-0.05, 0) is 22.0 Å². The van der Waals surface area contributed by atoms with E-state index in [0.717, 1.165) is 26.6 Å². The van der Waals surface area contributed by atoms with Crippen molar-refractivity contribution in [2.75, 3.05) is 5.73 Å². The summed E-state index contributed by atoms with van der Waals surface area (Å²) in [6, 6.07) is 7.73. The number of aromatic amines is 1. The molecule has 0 aliphatic carbocycles. The number of anilines is 1. The van der Waals surface area contributed by atoms with Crippen LogP contribution in [-0.4, -0.2) is 10.1 Å². The van der Waals surface area contributed by atoms with Gasteiger partial charge in [0.1, 0.15) is 5.69 Å². The number of nitrogens with two attached hydrogens (primary N) is 1. The molecular weight excluding hydrogens is 270 g/mol. The van der Waals surface area contributed by atoms with Gasteiger partial charge in [-0.1, -0.05) is 17.3 Å². The number of rotatable bonds is 1. The van der Waals surface area contributed by atoms with Crippen LogP contribution >= 0.6 is 15.9 Å². The van der Waals surface area contributed by atoms with E-state index in [1.54, 1.807) is 6.07 Å². The lowest BCUT2D eigenvalue weighted by Crippen LogP contribution is -1.78. The molecule has 0 atom stereocenters. The Morgan fingerprint density at radius 3 is 2.94 bits per heavy atom. The summed E-state index contributed by atoms with van der Waals surface area (Å²) >= 11 is 3.47. The Labute approximate surface area is 99.6 Å². The van der Waals surface area contributed by atoms with Gasteiger partial charge in [-0.15, -0.1) is 0 Å². The number of hydrogen-bond donors (Lipinski definition) is 2. The summed E-state index contributed by atoms with van der Waals surface area (Å²) in [4.78, 5) is 3.17. The van der Waals surface area contributed by atoms with E-state index in [2.05, 4.69) is 26.1 Å². The van der Waals surface area contributed by atoms with E-state index in [1.165, 1.54) is 0 Å². The van der Waals surface area contributed by atoms with Gasteiger partial charge in [0.25, 0.3) is 0 Å². The first kappa shape index (κ1) is 9.47.